The summed E-state index contributed by atoms with van der Waals surface area (Å²) in [6, 6.07) is 0.257. The number of hydrogen-bond donors (Lipinski definition) is 1. The quantitative estimate of drug-likeness (QED) is 0.829. The third kappa shape index (κ3) is 3.50. The number of carbonyl (C=O) groups excluding carboxylic acids is 2. The highest BCUT2D eigenvalue weighted by molar-refractivity contribution is 5.78. The highest BCUT2D eigenvalue weighted by Crippen LogP contribution is 2.50. The third-order valence-corrected chi connectivity index (χ3v) is 5.77. The van der Waals surface area contributed by atoms with Crippen molar-refractivity contribution >= 4 is 12.0 Å². The van der Waals surface area contributed by atoms with E-state index in [-0.39, 0.29) is 30.0 Å². The summed E-state index contributed by atoms with van der Waals surface area (Å²) < 4.78 is 11.7. The molecule has 142 valence electrons. The molecule has 4 atom stereocenters. The normalized spacial score (nSPS) is 35.4. The summed E-state index contributed by atoms with van der Waals surface area (Å²) in [4.78, 5) is 26.7. The first-order chi connectivity index (χ1) is 11.6. The summed E-state index contributed by atoms with van der Waals surface area (Å²) in [5.41, 5.74) is -0.941. The second-order valence-electron chi connectivity index (χ2n) is 9.08. The van der Waals surface area contributed by atoms with E-state index in [2.05, 4.69) is 24.1 Å². The van der Waals surface area contributed by atoms with E-state index in [1.54, 1.807) is 0 Å². The molecule has 2 amide bonds. The Morgan fingerprint density at radius 2 is 2.08 bits per heavy atom. The number of hydrogen-bond acceptors (Lipinski definition) is 4. The average molecular weight is 352 g/mol. The van der Waals surface area contributed by atoms with Crippen LogP contribution in [0.15, 0.2) is 0 Å². The lowest BCUT2D eigenvalue weighted by Gasteiger charge is -2.52. The molecule has 2 aliphatic heterocycles. The molecule has 3 fully saturated rings. The van der Waals surface area contributed by atoms with E-state index in [0.717, 1.165) is 25.7 Å². The Labute approximate surface area is 150 Å². The molecule has 0 aromatic heterocycles. The Kier molecular flexibility index (Phi) is 4.77. The molecule has 6 heteroatoms. The van der Waals surface area contributed by atoms with Crippen molar-refractivity contribution in [2.45, 2.75) is 90.1 Å². The Morgan fingerprint density at radius 1 is 1.36 bits per heavy atom. The number of ether oxygens (including phenoxy) is 2. The van der Waals surface area contributed by atoms with Crippen LogP contribution in [0, 0.1) is 11.8 Å². The van der Waals surface area contributed by atoms with E-state index >= 15 is 0 Å². The van der Waals surface area contributed by atoms with Gasteiger partial charge in [0.25, 0.3) is 0 Å². The highest BCUT2D eigenvalue weighted by atomic mass is 16.6. The van der Waals surface area contributed by atoms with Gasteiger partial charge in [-0.15, -0.1) is 0 Å². The van der Waals surface area contributed by atoms with Gasteiger partial charge < -0.3 is 19.7 Å². The molecule has 1 aliphatic carbocycles. The van der Waals surface area contributed by atoms with Gasteiger partial charge in [0.2, 0.25) is 5.91 Å². The van der Waals surface area contributed by atoms with Crippen LogP contribution < -0.4 is 5.32 Å². The topological polar surface area (TPSA) is 67.9 Å². The molecule has 2 heterocycles. The van der Waals surface area contributed by atoms with E-state index in [1.807, 2.05) is 20.8 Å². The second kappa shape index (κ2) is 6.45. The van der Waals surface area contributed by atoms with Crippen LogP contribution in [0.3, 0.4) is 0 Å². The van der Waals surface area contributed by atoms with Crippen LogP contribution in [0.1, 0.15) is 66.7 Å². The monoisotopic (exact) mass is 352 g/mol. The molecular weight excluding hydrogens is 320 g/mol. The molecule has 1 N–H and O–H groups in total. The summed E-state index contributed by atoms with van der Waals surface area (Å²) in [6.07, 6.45) is 3.50. The predicted octanol–water partition coefficient (Wildman–Crippen LogP) is 3.05. The summed E-state index contributed by atoms with van der Waals surface area (Å²) in [6.45, 7) is 10.5. The summed E-state index contributed by atoms with van der Waals surface area (Å²) in [5, 5.41) is 3.01. The molecule has 0 aromatic carbocycles. The number of rotatable bonds is 2. The van der Waals surface area contributed by atoms with Crippen molar-refractivity contribution in [2.75, 3.05) is 6.61 Å². The first-order valence-electron chi connectivity index (χ1n) is 9.58. The van der Waals surface area contributed by atoms with Gasteiger partial charge in [0.1, 0.15) is 11.3 Å². The van der Waals surface area contributed by atoms with Crippen LogP contribution in [-0.4, -0.2) is 46.9 Å². The Bertz CT molecular complexity index is 542. The molecule has 0 aromatic rings. The average Bonchev–Trinajstić information content (AvgIpc) is 2.87. The minimum absolute atomic E-state index is 0.0854. The minimum Gasteiger partial charge on any atom is -0.444 e. The molecule has 2 saturated heterocycles. The second-order valence-corrected chi connectivity index (χ2v) is 9.08. The first kappa shape index (κ1) is 18.5. The fraction of sp³-hybridized carbons (Fsp3) is 0.895. The standard InChI is InChI=1S/C19H32N2O4/c1-12(2)15-11-24-19-9-8-14(20-17(23)25-18(3,4)5)10-13(19)6-7-16(22)21(15)19/h12-15H,6-11H2,1-5H3,(H,20,23)/t13-,14-,15-,19-/m1/s1. The molecule has 3 rings (SSSR count). The summed E-state index contributed by atoms with van der Waals surface area (Å²) >= 11 is 0. The lowest BCUT2D eigenvalue weighted by Crippen LogP contribution is -2.63. The van der Waals surface area contributed by atoms with E-state index < -0.39 is 11.3 Å². The molecular formula is C19H32N2O4. The fourth-order valence-corrected chi connectivity index (χ4v) is 4.65. The van der Waals surface area contributed by atoms with E-state index in [9.17, 15) is 9.59 Å². The Morgan fingerprint density at radius 3 is 2.72 bits per heavy atom. The van der Waals surface area contributed by atoms with Gasteiger partial charge >= 0.3 is 6.09 Å². The molecule has 0 radical (unpaired) electrons. The summed E-state index contributed by atoms with van der Waals surface area (Å²) in [5.74, 6) is 0.897. The van der Waals surface area contributed by atoms with Crippen LogP contribution in [0.25, 0.3) is 0 Å². The first-order valence-corrected chi connectivity index (χ1v) is 9.58. The molecule has 3 aliphatic rings. The van der Waals surface area contributed by atoms with Crippen molar-refractivity contribution in [1.29, 1.82) is 0 Å². The smallest absolute Gasteiger partial charge is 0.407 e. The molecule has 6 nitrogen and oxygen atoms in total. The van der Waals surface area contributed by atoms with Crippen LogP contribution in [0.4, 0.5) is 4.79 Å². The predicted molar refractivity (Wildman–Crippen MR) is 93.9 cm³/mol. The van der Waals surface area contributed by atoms with Gasteiger partial charge in [0, 0.05) is 18.4 Å². The third-order valence-electron chi connectivity index (χ3n) is 5.77. The highest BCUT2D eigenvalue weighted by Gasteiger charge is 2.59. The maximum Gasteiger partial charge on any atom is 0.407 e. The number of nitrogens with zero attached hydrogens (tertiary/aromatic N) is 1. The van der Waals surface area contributed by atoms with Gasteiger partial charge in [-0.1, -0.05) is 13.8 Å². The molecule has 1 saturated carbocycles. The van der Waals surface area contributed by atoms with Crippen molar-refractivity contribution in [3.05, 3.63) is 0 Å². The maximum atomic E-state index is 12.6. The van der Waals surface area contributed by atoms with Gasteiger partial charge in [0.05, 0.1) is 12.6 Å². The number of carbonyl (C=O) groups is 2. The zero-order chi connectivity index (χ0) is 18.4. The van der Waals surface area contributed by atoms with Gasteiger partial charge in [-0.05, 0) is 52.4 Å². The molecule has 0 unspecified atom stereocenters. The number of amides is 2. The fourth-order valence-electron chi connectivity index (χ4n) is 4.65. The molecule has 1 spiro atoms. The van der Waals surface area contributed by atoms with Crippen molar-refractivity contribution in [3.63, 3.8) is 0 Å². The van der Waals surface area contributed by atoms with Crippen LogP contribution >= 0.6 is 0 Å². The minimum atomic E-state index is -0.493. The number of piperidine rings is 1. The zero-order valence-electron chi connectivity index (χ0n) is 16.1. The lowest BCUT2D eigenvalue weighted by atomic mass is 9.72. The molecule has 25 heavy (non-hydrogen) atoms. The lowest BCUT2D eigenvalue weighted by molar-refractivity contribution is -0.188. The van der Waals surface area contributed by atoms with Crippen LogP contribution in [0.2, 0.25) is 0 Å². The van der Waals surface area contributed by atoms with Crippen LogP contribution in [-0.2, 0) is 14.3 Å². The largest absolute Gasteiger partial charge is 0.444 e. The van der Waals surface area contributed by atoms with Crippen molar-refractivity contribution < 1.29 is 19.1 Å². The van der Waals surface area contributed by atoms with E-state index in [1.165, 1.54) is 0 Å². The van der Waals surface area contributed by atoms with Gasteiger partial charge in [-0.25, -0.2) is 4.79 Å². The SMILES string of the molecule is CC(C)[C@H]1CO[C@]23CC[C@@H](NC(=O)OC(C)(C)C)C[C@H]2CCC(=O)N13. The number of alkyl carbamates (subject to hydrolysis) is 1. The van der Waals surface area contributed by atoms with Crippen molar-refractivity contribution in [3.8, 4) is 0 Å². The van der Waals surface area contributed by atoms with Crippen LogP contribution in [0.5, 0.6) is 0 Å². The van der Waals surface area contributed by atoms with Gasteiger partial charge in [-0.3, -0.25) is 4.79 Å². The zero-order valence-corrected chi connectivity index (χ0v) is 16.1. The number of nitrogens with one attached hydrogen (secondary N) is 1. The Hall–Kier alpha value is -1.30. The van der Waals surface area contributed by atoms with Crippen molar-refractivity contribution in [2.24, 2.45) is 11.8 Å². The van der Waals surface area contributed by atoms with E-state index in [4.69, 9.17) is 9.47 Å². The van der Waals surface area contributed by atoms with Gasteiger partial charge in [-0.2, -0.15) is 0 Å². The summed E-state index contributed by atoms with van der Waals surface area (Å²) in [7, 11) is 0. The van der Waals surface area contributed by atoms with Gasteiger partial charge in [0.15, 0.2) is 0 Å². The van der Waals surface area contributed by atoms with E-state index in [0.29, 0.717) is 18.9 Å². The Balaban J connectivity index is 1.69. The maximum absolute atomic E-state index is 12.6. The van der Waals surface area contributed by atoms with Crippen molar-refractivity contribution in [1.82, 2.24) is 10.2 Å². The molecule has 0 bridgehead atoms.